The van der Waals surface area contributed by atoms with E-state index in [1.807, 2.05) is 30.0 Å². The molecule has 4 rings (SSSR count). The summed E-state index contributed by atoms with van der Waals surface area (Å²) in [5.74, 6) is -0.0983. The Morgan fingerprint density at radius 3 is 2.49 bits per heavy atom. The summed E-state index contributed by atoms with van der Waals surface area (Å²) in [6, 6.07) is 12.4. The maximum absolute atomic E-state index is 13.6. The van der Waals surface area contributed by atoms with Crippen LogP contribution < -0.4 is 5.43 Å². The lowest BCUT2D eigenvalue weighted by Gasteiger charge is -2.35. The van der Waals surface area contributed by atoms with Gasteiger partial charge in [0.1, 0.15) is 5.56 Å². The van der Waals surface area contributed by atoms with Crippen molar-refractivity contribution in [1.82, 2.24) is 19.3 Å². The Kier molecular flexibility index (Phi) is 8.58. The van der Waals surface area contributed by atoms with Crippen LogP contribution in [0.3, 0.4) is 0 Å². The first-order chi connectivity index (χ1) is 17.0. The van der Waals surface area contributed by atoms with Crippen molar-refractivity contribution in [3.63, 3.8) is 0 Å². The molecule has 0 unspecified atom stereocenters. The first-order valence-electron chi connectivity index (χ1n) is 13.2. The molecular weight excluding hydrogens is 436 g/mol. The van der Waals surface area contributed by atoms with Crippen LogP contribution >= 0.6 is 0 Å². The van der Waals surface area contributed by atoms with E-state index >= 15 is 0 Å². The third-order valence-corrected chi connectivity index (χ3v) is 7.61. The summed E-state index contributed by atoms with van der Waals surface area (Å²) in [7, 11) is 0. The summed E-state index contributed by atoms with van der Waals surface area (Å²) in [6.07, 6.45) is 7.40. The molecule has 2 aliphatic rings. The van der Waals surface area contributed by atoms with E-state index in [2.05, 4.69) is 52.5 Å². The monoisotopic (exact) mass is 476 g/mol. The number of pyridine rings is 1. The molecule has 2 aliphatic heterocycles. The van der Waals surface area contributed by atoms with Crippen molar-refractivity contribution in [3.8, 4) is 0 Å². The first-order valence-corrected chi connectivity index (χ1v) is 13.2. The van der Waals surface area contributed by atoms with E-state index in [9.17, 15) is 9.59 Å². The molecule has 0 radical (unpaired) electrons. The Balaban J connectivity index is 1.44. The highest BCUT2D eigenvalue weighted by atomic mass is 16.2. The predicted octanol–water partition coefficient (Wildman–Crippen LogP) is 3.67. The molecule has 35 heavy (non-hydrogen) atoms. The lowest BCUT2D eigenvalue weighted by Crippen LogP contribution is -2.50. The Morgan fingerprint density at radius 2 is 1.80 bits per heavy atom. The Bertz CT molecular complexity index is 1080. The molecule has 2 fully saturated rings. The molecule has 2 aromatic rings. The molecule has 0 spiro atoms. The summed E-state index contributed by atoms with van der Waals surface area (Å²) in [4.78, 5) is 33.4. The van der Waals surface area contributed by atoms with Gasteiger partial charge in [-0.3, -0.25) is 19.4 Å². The third-order valence-electron chi connectivity index (χ3n) is 7.61. The zero-order valence-corrected chi connectivity index (χ0v) is 21.6. The molecule has 1 amide bonds. The van der Waals surface area contributed by atoms with Crippen molar-refractivity contribution in [1.29, 1.82) is 0 Å². The zero-order valence-electron chi connectivity index (χ0n) is 21.6. The van der Waals surface area contributed by atoms with Crippen molar-refractivity contribution in [2.45, 2.75) is 52.6 Å². The van der Waals surface area contributed by atoms with Crippen LogP contribution in [-0.4, -0.2) is 77.0 Å². The van der Waals surface area contributed by atoms with Crippen molar-refractivity contribution in [3.05, 3.63) is 75.2 Å². The fraction of sp³-hybridized carbons (Fsp3) is 0.517. The van der Waals surface area contributed by atoms with E-state index in [0.717, 1.165) is 50.7 Å². The molecule has 6 heteroatoms. The van der Waals surface area contributed by atoms with Crippen LogP contribution in [0.25, 0.3) is 6.08 Å². The molecule has 0 saturated carbocycles. The van der Waals surface area contributed by atoms with Crippen molar-refractivity contribution in [2.24, 2.45) is 0 Å². The molecule has 3 heterocycles. The normalized spacial score (nSPS) is 19.6. The first kappa shape index (κ1) is 25.4. The number of amides is 1. The molecule has 1 atom stereocenters. The third kappa shape index (κ3) is 5.93. The highest BCUT2D eigenvalue weighted by Gasteiger charge is 2.29. The number of rotatable bonds is 8. The van der Waals surface area contributed by atoms with Gasteiger partial charge < -0.3 is 9.47 Å². The van der Waals surface area contributed by atoms with Crippen LogP contribution in [0, 0.1) is 6.92 Å². The summed E-state index contributed by atoms with van der Waals surface area (Å²) >= 11 is 0. The fourth-order valence-corrected chi connectivity index (χ4v) is 5.60. The van der Waals surface area contributed by atoms with Gasteiger partial charge in [-0.05, 0) is 44.8 Å². The van der Waals surface area contributed by atoms with E-state index in [-0.39, 0.29) is 11.3 Å². The Labute approximate surface area is 209 Å². The number of likely N-dealkylation sites (tertiary alicyclic amines) is 1. The van der Waals surface area contributed by atoms with Gasteiger partial charge in [-0.25, -0.2) is 0 Å². The Hall–Kier alpha value is -2.70. The minimum absolute atomic E-state index is 0.0983. The van der Waals surface area contributed by atoms with Gasteiger partial charge in [0.2, 0.25) is 0 Å². The van der Waals surface area contributed by atoms with E-state index in [0.29, 0.717) is 31.1 Å². The molecule has 0 aliphatic carbocycles. The number of hydrogen-bond acceptors (Lipinski definition) is 4. The highest BCUT2D eigenvalue weighted by molar-refractivity contribution is 5.95. The summed E-state index contributed by atoms with van der Waals surface area (Å²) < 4.78 is 2.25. The lowest BCUT2D eigenvalue weighted by atomic mass is 10.1. The predicted molar refractivity (Wildman–Crippen MR) is 143 cm³/mol. The molecule has 1 aromatic carbocycles. The second-order valence-corrected chi connectivity index (χ2v) is 9.77. The number of carbonyl (C=O) groups is 1. The number of nitrogens with zero attached hydrogens (tertiary/aromatic N) is 4. The van der Waals surface area contributed by atoms with Crippen LogP contribution in [0.15, 0.2) is 47.3 Å². The molecule has 188 valence electrons. The maximum atomic E-state index is 13.6. The smallest absolute Gasteiger partial charge is 0.259 e. The second kappa shape index (κ2) is 11.8. The fourth-order valence-electron chi connectivity index (χ4n) is 5.60. The van der Waals surface area contributed by atoms with Gasteiger partial charge in [-0.2, -0.15) is 0 Å². The zero-order chi connectivity index (χ0) is 24.8. The van der Waals surface area contributed by atoms with Gasteiger partial charge in [-0.1, -0.05) is 56.3 Å². The number of aromatic nitrogens is 1. The molecule has 1 aromatic heterocycles. The quantitative estimate of drug-likeness (QED) is 0.583. The van der Waals surface area contributed by atoms with Gasteiger partial charge in [0.25, 0.3) is 5.91 Å². The summed E-state index contributed by atoms with van der Waals surface area (Å²) in [5, 5.41) is 0. The highest BCUT2D eigenvalue weighted by Crippen LogP contribution is 2.21. The average Bonchev–Trinajstić information content (AvgIpc) is 3.33. The number of piperazine rings is 1. The standard InChI is InChI=1S/C29H40N4O2/c1-4-26-28(27(34)21-23(3)33(26)22-25-14-10-16-31(25)5-2)29(35)32-19-17-30(18-20-32)15-9-13-24-11-7-6-8-12-24/h6-9,11-13,21,25H,4-5,10,14-20,22H2,1-3H3/b13-9+/t25-/m1/s1. The van der Waals surface area contributed by atoms with Gasteiger partial charge in [0.05, 0.1) is 0 Å². The summed E-state index contributed by atoms with van der Waals surface area (Å²) in [5.41, 5.74) is 3.31. The van der Waals surface area contributed by atoms with Crippen LogP contribution in [0.1, 0.15) is 54.0 Å². The van der Waals surface area contributed by atoms with Gasteiger partial charge in [-0.15, -0.1) is 0 Å². The van der Waals surface area contributed by atoms with E-state index in [4.69, 9.17) is 0 Å². The van der Waals surface area contributed by atoms with Crippen LogP contribution in [0.5, 0.6) is 0 Å². The largest absolute Gasteiger partial charge is 0.346 e. The van der Waals surface area contributed by atoms with Crippen LogP contribution in [0.2, 0.25) is 0 Å². The number of carbonyl (C=O) groups excluding carboxylic acids is 1. The second-order valence-electron chi connectivity index (χ2n) is 9.77. The lowest BCUT2D eigenvalue weighted by molar-refractivity contribution is 0.0646. The Morgan fingerprint density at radius 1 is 1.06 bits per heavy atom. The van der Waals surface area contributed by atoms with E-state index < -0.39 is 0 Å². The van der Waals surface area contributed by atoms with Crippen LogP contribution in [0.4, 0.5) is 0 Å². The minimum Gasteiger partial charge on any atom is -0.346 e. The SMILES string of the molecule is CCc1c(C(=O)N2CCN(C/C=C/c3ccccc3)CC2)c(=O)cc(C)n1C[C@H]1CCCN1CC. The van der Waals surface area contributed by atoms with Gasteiger partial charge in [0, 0.05) is 62.8 Å². The molecule has 6 nitrogen and oxygen atoms in total. The number of hydrogen-bond donors (Lipinski definition) is 0. The van der Waals surface area contributed by atoms with E-state index in [1.54, 1.807) is 6.07 Å². The number of benzene rings is 1. The molecule has 2 saturated heterocycles. The van der Waals surface area contributed by atoms with Crippen molar-refractivity contribution >= 4 is 12.0 Å². The van der Waals surface area contributed by atoms with E-state index in [1.165, 1.54) is 18.4 Å². The maximum Gasteiger partial charge on any atom is 0.259 e. The van der Waals surface area contributed by atoms with Crippen molar-refractivity contribution in [2.75, 3.05) is 45.8 Å². The van der Waals surface area contributed by atoms with Gasteiger partial charge in [0.15, 0.2) is 5.43 Å². The van der Waals surface area contributed by atoms with Crippen molar-refractivity contribution < 1.29 is 4.79 Å². The molecule has 0 bridgehead atoms. The van der Waals surface area contributed by atoms with Gasteiger partial charge >= 0.3 is 0 Å². The minimum atomic E-state index is -0.132. The summed E-state index contributed by atoms with van der Waals surface area (Å²) in [6.45, 7) is 13.1. The number of aryl methyl sites for hydroxylation is 1. The molecular formula is C29H40N4O2. The average molecular weight is 477 g/mol. The topological polar surface area (TPSA) is 48.8 Å². The number of likely N-dealkylation sites (N-methyl/N-ethyl adjacent to an activating group) is 1. The van der Waals surface area contributed by atoms with Crippen LogP contribution in [-0.2, 0) is 13.0 Å². The molecule has 0 N–H and O–H groups in total.